The summed E-state index contributed by atoms with van der Waals surface area (Å²) in [6.07, 6.45) is 7.12. The molecule has 0 aromatic rings. The first-order valence-electron chi connectivity index (χ1n) is 6.72. The summed E-state index contributed by atoms with van der Waals surface area (Å²) in [7, 11) is 0. The van der Waals surface area contributed by atoms with Crippen LogP contribution in [0, 0.1) is 0 Å². The van der Waals surface area contributed by atoms with Crippen LogP contribution in [0.2, 0.25) is 0 Å². The van der Waals surface area contributed by atoms with Crippen LogP contribution in [0.15, 0.2) is 0 Å². The third-order valence-corrected chi connectivity index (χ3v) is 3.32. The van der Waals surface area contributed by atoms with Crippen molar-refractivity contribution in [3.63, 3.8) is 0 Å². The molecule has 2 amide bonds. The van der Waals surface area contributed by atoms with Crippen molar-refractivity contribution in [2.24, 2.45) is 0 Å². The van der Waals surface area contributed by atoms with Crippen molar-refractivity contribution in [1.82, 2.24) is 10.2 Å². The molecule has 1 aliphatic rings. The van der Waals surface area contributed by atoms with Gasteiger partial charge in [-0.3, -0.25) is 0 Å². The van der Waals surface area contributed by atoms with Crippen molar-refractivity contribution in [3.8, 4) is 0 Å². The van der Waals surface area contributed by atoms with E-state index in [2.05, 4.69) is 26.1 Å². The number of rotatable bonds is 6. The predicted molar refractivity (Wildman–Crippen MR) is 67.5 cm³/mol. The van der Waals surface area contributed by atoms with Gasteiger partial charge < -0.3 is 10.2 Å². The van der Waals surface area contributed by atoms with E-state index >= 15 is 0 Å². The van der Waals surface area contributed by atoms with E-state index in [1.54, 1.807) is 0 Å². The topological polar surface area (TPSA) is 32.3 Å². The number of urea groups is 1. The highest BCUT2D eigenvalue weighted by Crippen LogP contribution is 2.18. The lowest BCUT2D eigenvalue weighted by atomic mass is 9.93. The van der Waals surface area contributed by atoms with Crippen molar-refractivity contribution in [3.05, 3.63) is 0 Å². The summed E-state index contributed by atoms with van der Waals surface area (Å²) in [5.74, 6) is 0. The van der Waals surface area contributed by atoms with Gasteiger partial charge in [-0.25, -0.2) is 4.79 Å². The first kappa shape index (κ1) is 13.3. The number of hydrogen-bond donors (Lipinski definition) is 1. The molecule has 0 spiro atoms. The second-order valence-electron chi connectivity index (χ2n) is 5.07. The van der Waals surface area contributed by atoms with Gasteiger partial charge in [0.1, 0.15) is 0 Å². The maximum atomic E-state index is 12.0. The Morgan fingerprint density at radius 3 is 2.50 bits per heavy atom. The van der Waals surface area contributed by atoms with Gasteiger partial charge in [-0.2, -0.15) is 0 Å². The SMILES string of the molecule is CCCCCN(C(=O)NC1CCC1)C(C)C. The van der Waals surface area contributed by atoms with Gasteiger partial charge in [-0.15, -0.1) is 0 Å². The molecule has 3 heteroatoms. The highest BCUT2D eigenvalue weighted by molar-refractivity contribution is 5.74. The summed E-state index contributed by atoms with van der Waals surface area (Å²) in [6, 6.07) is 0.882. The average Bonchev–Trinajstić information content (AvgIpc) is 2.17. The third kappa shape index (κ3) is 4.03. The number of nitrogens with zero attached hydrogens (tertiary/aromatic N) is 1. The molecule has 3 nitrogen and oxygen atoms in total. The van der Waals surface area contributed by atoms with Gasteiger partial charge in [0.2, 0.25) is 0 Å². The van der Waals surface area contributed by atoms with E-state index in [9.17, 15) is 4.79 Å². The lowest BCUT2D eigenvalue weighted by molar-refractivity contribution is 0.171. The van der Waals surface area contributed by atoms with E-state index in [1.807, 2.05) is 4.90 Å². The molecule has 1 aliphatic carbocycles. The normalized spacial score (nSPS) is 16.0. The molecule has 16 heavy (non-hydrogen) atoms. The second-order valence-corrected chi connectivity index (χ2v) is 5.07. The fraction of sp³-hybridized carbons (Fsp3) is 0.923. The average molecular weight is 226 g/mol. The largest absolute Gasteiger partial charge is 0.335 e. The summed E-state index contributed by atoms with van der Waals surface area (Å²) in [5, 5.41) is 3.11. The molecule has 0 atom stereocenters. The van der Waals surface area contributed by atoms with Crippen LogP contribution >= 0.6 is 0 Å². The Hall–Kier alpha value is -0.730. The Kier molecular flexibility index (Phi) is 5.64. The molecule has 0 saturated heterocycles. The molecule has 0 aliphatic heterocycles. The smallest absolute Gasteiger partial charge is 0.317 e. The van der Waals surface area contributed by atoms with Crippen molar-refractivity contribution in [2.45, 2.75) is 71.4 Å². The Balaban J connectivity index is 2.31. The minimum Gasteiger partial charge on any atom is -0.335 e. The number of carbonyl (C=O) groups excluding carboxylic acids is 1. The Morgan fingerprint density at radius 1 is 1.38 bits per heavy atom. The molecule has 0 heterocycles. The monoisotopic (exact) mass is 226 g/mol. The first-order chi connectivity index (χ1) is 7.65. The van der Waals surface area contributed by atoms with Crippen molar-refractivity contribution >= 4 is 6.03 Å². The molecular weight excluding hydrogens is 200 g/mol. The van der Waals surface area contributed by atoms with Crippen LogP contribution in [-0.2, 0) is 0 Å². The van der Waals surface area contributed by atoms with Crippen LogP contribution < -0.4 is 5.32 Å². The van der Waals surface area contributed by atoms with E-state index in [0.29, 0.717) is 12.1 Å². The van der Waals surface area contributed by atoms with Crippen LogP contribution in [-0.4, -0.2) is 29.6 Å². The van der Waals surface area contributed by atoms with Crippen molar-refractivity contribution < 1.29 is 4.79 Å². The highest BCUT2D eigenvalue weighted by atomic mass is 16.2. The molecule has 0 aromatic heterocycles. The zero-order valence-electron chi connectivity index (χ0n) is 11.0. The molecule has 1 fully saturated rings. The van der Waals surface area contributed by atoms with E-state index in [0.717, 1.165) is 25.8 Å². The van der Waals surface area contributed by atoms with Crippen LogP contribution in [0.5, 0.6) is 0 Å². The lowest BCUT2D eigenvalue weighted by Crippen LogP contribution is -2.49. The second kappa shape index (κ2) is 6.77. The maximum Gasteiger partial charge on any atom is 0.317 e. The first-order valence-corrected chi connectivity index (χ1v) is 6.72. The molecule has 1 saturated carbocycles. The molecule has 0 radical (unpaired) electrons. The zero-order valence-corrected chi connectivity index (χ0v) is 11.0. The van der Waals surface area contributed by atoms with Gasteiger partial charge in [0.15, 0.2) is 0 Å². The number of unbranched alkanes of at least 4 members (excludes halogenated alkanes) is 2. The fourth-order valence-electron chi connectivity index (χ4n) is 1.94. The summed E-state index contributed by atoms with van der Waals surface area (Å²) < 4.78 is 0. The number of carbonyl (C=O) groups is 1. The molecule has 1 rings (SSSR count). The molecule has 1 N–H and O–H groups in total. The molecule has 94 valence electrons. The maximum absolute atomic E-state index is 12.0. The summed E-state index contributed by atoms with van der Waals surface area (Å²) in [4.78, 5) is 14.0. The van der Waals surface area contributed by atoms with E-state index in [-0.39, 0.29) is 6.03 Å². The van der Waals surface area contributed by atoms with E-state index in [4.69, 9.17) is 0 Å². The number of amides is 2. The van der Waals surface area contributed by atoms with Crippen LogP contribution in [0.3, 0.4) is 0 Å². The Morgan fingerprint density at radius 2 is 2.06 bits per heavy atom. The molecule has 0 unspecified atom stereocenters. The number of hydrogen-bond acceptors (Lipinski definition) is 1. The van der Waals surface area contributed by atoms with Gasteiger partial charge in [0.25, 0.3) is 0 Å². The van der Waals surface area contributed by atoms with E-state index < -0.39 is 0 Å². The fourth-order valence-corrected chi connectivity index (χ4v) is 1.94. The van der Waals surface area contributed by atoms with Gasteiger partial charge in [0, 0.05) is 18.6 Å². The molecular formula is C13H26N2O. The van der Waals surface area contributed by atoms with Crippen LogP contribution in [0.4, 0.5) is 4.79 Å². The van der Waals surface area contributed by atoms with Crippen molar-refractivity contribution in [1.29, 1.82) is 0 Å². The standard InChI is InChI=1S/C13H26N2O/c1-4-5-6-10-15(11(2)3)13(16)14-12-8-7-9-12/h11-12H,4-10H2,1-3H3,(H,14,16). The molecule has 0 aromatic carbocycles. The highest BCUT2D eigenvalue weighted by Gasteiger charge is 2.23. The van der Waals surface area contributed by atoms with Crippen molar-refractivity contribution in [2.75, 3.05) is 6.54 Å². The predicted octanol–water partition coefficient (Wildman–Crippen LogP) is 3.15. The van der Waals surface area contributed by atoms with Gasteiger partial charge in [-0.1, -0.05) is 19.8 Å². The van der Waals surface area contributed by atoms with Gasteiger partial charge >= 0.3 is 6.03 Å². The van der Waals surface area contributed by atoms with Crippen LogP contribution in [0.25, 0.3) is 0 Å². The van der Waals surface area contributed by atoms with Crippen LogP contribution in [0.1, 0.15) is 59.3 Å². The number of nitrogens with one attached hydrogen (secondary N) is 1. The van der Waals surface area contributed by atoms with Gasteiger partial charge in [-0.05, 0) is 39.5 Å². The lowest BCUT2D eigenvalue weighted by Gasteiger charge is -2.32. The summed E-state index contributed by atoms with van der Waals surface area (Å²) >= 11 is 0. The third-order valence-electron chi connectivity index (χ3n) is 3.32. The molecule has 0 bridgehead atoms. The Bertz CT molecular complexity index is 212. The minimum atomic E-state index is 0.135. The van der Waals surface area contributed by atoms with E-state index in [1.165, 1.54) is 19.3 Å². The zero-order chi connectivity index (χ0) is 12.0. The summed E-state index contributed by atoms with van der Waals surface area (Å²) in [6.45, 7) is 7.26. The Labute approximate surface area is 99.6 Å². The summed E-state index contributed by atoms with van der Waals surface area (Å²) in [5.41, 5.74) is 0. The van der Waals surface area contributed by atoms with Gasteiger partial charge in [0.05, 0.1) is 0 Å². The quantitative estimate of drug-likeness (QED) is 0.693. The minimum absolute atomic E-state index is 0.135.